The van der Waals surface area contributed by atoms with E-state index in [4.69, 9.17) is 23.7 Å². The van der Waals surface area contributed by atoms with Crippen LogP contribution >= 0.6 is 0 Å². The molecule has 3 rings (SSSR count). The van der Waals surface area contributed by atoms with Crippen molar-refractivity contribution in [1.29, 1.82) is 0 Å². The molecule has 3 aromatic rings. The molecule has 34 heavy (non-hydrogen) atoms. The monoisotopic (exact) mass is 491 g/mol. The van der Waals surface area contributed by atoms with Gasteiger partial charge in [0.05, 0.1) is 18.4 Å². The smallest absolute Gasteiger partial charge is 0.254 e. The molecular weight excluding hydrogens is 462 g/mol. The minimum atomic E-state index is -3.71. The Morgan fingerprint density at radius 3 is 2.06 bits per heavy atom. The first-order valence-corrected chi connectivity index (χ1v) is 12.3. The fraction of sp³-hybridized carbons (Fsp3) is 0.391. The number of sulfone groups is 1. The number of hydrogen-bond donors (Lipinski definition) is 0. The second-order valence-electron chi connectivity index (χ2n) is 7.75. The zero-order valence-electron chi connectivity index (χ0n) is 20.1. The predicted octanol–water partition coefficient (Wildman–Crippen LogP) is 3.44. The number of rotatable bonds is 11. The van der Waals surface area contributed by atoms with Gasteiger partial charge in [0.15, 0.2) is 19.4 Å². The first-order valence-electron chi connectivity index (χ1n) is 10.4. The van der Waals surface area contributed by atoms with Gasteiger partial charge >= 0.3 is 0 Å². The van der Waals surface area contributed by atoms with Crippen LogP contribution in [-0.4, -0.2) is 64.4 Å². The van der Waals surface area contributed by atoms with Gasteiger partial charge in [-0.3, -0.25) is 4.57 Å². The summed E-state index contributed by atoms with van der Waals surface area (Å²) in [5, 5.41) is 8.06. The Kier molecular flexibility index (Phi) is 8.13. The van der Waals surface area contributed by atoms with Gasteiger partial charge in [0.2, 0.25) is 9.84 Å². The van der Waals surface area contributed by atoms with E-state index in [2.05, 4.69) is 10.2 Å². The van der Waals surface area contributed by atoms with Crippen LogP contribution in [-0.2, 0) is 19.3 Å². The number of benzene rings is 2. The maximum atomic E-state index is 12.6. The highest BCUT2D eigenvalue weighted by molar-refractivity contribution is 7.90. The average molecular weight is 492 g/mol. The topological polar surface area (TPSA) is 111 Å². The Hall–Kier alpha value is -3.15. The molecule has 0 aliphatic heterocycles. The Bertz CT molecular complexity index is 1220. The summed E-state index contributed by atoms with van der Waals surface area (Å²) in [4.78, 5) is 0. The van der Waals surface area contributed by atoms with Crippen molar-refractivity contribution in [3.63, 3.8) is 0 Å². The van der Waals surface area contributed by atoms with Crippen LogP contribution in [0.25, 0.3) is 17.1 Å². The molecule has 0 bridgehead atoms. The maximum Gasteiger partial charge on any atom is 0.254 e. The summed E-state index contributed by atoms with van der Waals surface area (Å²) in [6.45, 7) is 4.06. The molecule has 0 spiro atoms. The van der Waals surface area contributed by atoms with Crippen LogP contribution in [0, 0.1) is 0 Å². The summed E-state index contributed by atoms with van der Waals surface area (Å²) in [5.74, 6) is 1.96. The fourth-order valence-electron chi connectivity index (χ4n) is 3.34. The Morgan fingerprint density at radius 1 is 0.912 bits per heavy atom. The number of nitrogens with zero attached hydrogens (tertiary/aromatic N) is 3. The zero-order valence-corrected chi connectivity index (χ0v) is 20.9. The Morgan fingerprint density at radius 2 is 1.53 bits per heavy atom. The lowest BCUT2D eigenvalue weighted by Gasteiger charge is -2.19. The van der Waals surface area contributed by atoms with E-state index < -0.39 is 9.84 Å². The van der Waals surface area contributed by atoms with E-state index >= 15 is 0 Å². The molecule has 0 unspecified atom stereocenters. The Balaban J connectivity index is 2.30. The highest BCUT2D eigenvalue weighted by Crippen LogP contribution is 2.40. The summed E-state index contributed by atoms with van der Waals surface area (Å²) in [6, 6.07) is 10.5. The third-order valence-corrected chi connectivity index (χ3v) is 5.86. The molecule has 2 aromatic carbocycles. The number of methoxy groups -OCH3 is 3. The lowest BCUT2D eigenvalue weighted by atomic mass is 9.98. The van der Waals surface area contributed by atoms with Gasteiger partial charge < -0.3 is 23.7 Å². The average Bonchev–Trinajstić information content (AvgIpc) is 3.26. The highest BCUT2D eigenvalue weighted by atomic mass is 32.2. The molecular formula is C23H29N3O7S. The molecule has 0 amide bonds. The molecule has 0 radical (unpaired) electrons. The molecule has 184 valence electrons. The van der Waals surface area contributed by atoms with E-state index in [1.165, 1.54) is 18.8 Å². The van der Waals surface area contributed by atoms with Crippen LogP contribution in [0.2, 0.25) is 0 Å². The molecule has 11 heteroatoms. The van der Waals surface area contributed by atoms with Gasteiger partial charge in [-0.05, 0) is 41.8 Å². The minimum absolute atomic E-state index is 0.0344. The number of aromatic nitrogens is 3. The van der Waals surface area contributed by atoms with Crippen molar-refractivity contribution < 1.29 is 32.1 Å². The first kappa shape index (κ1) is 25.5. The van der Waals surface area contributed by atoms with Gasteiger partial charge in [0, 0.05) is 26.5 Å². The number of ether oxygens (including phenoxy) is 5. The molecule has 1 heterocycles. The molecule has 0 aliphatic rings. The molecule has 0 saturated carbocycles. The number of hydrogen-bond acceptors (Lipinski definition) is 9. The van der Waals surface area contributed by atoms with Crippen molar-refractivity contribution in [1.82, 2.24) is 14.8 Å². The van der Waals surface area contributed by atoms with Crippen LogP contribution in [0.5, 0.6) is 17.2 Å². The predicted molar refractivity (Wildman–Crippen MR) is 126 cm³/mol. The zero-order chi connectivity index (χ0) is 24.9. The summed E-state index contributed by atoms with van der Waals surface area (Å²) < 4.78 is 53.6. The summed E-state index contributed by atoms with van der Waals surface area (Å²) >= 11 is 0. The Labute approximate surface area is 199 Å². The lowest BCUT2D eigenvalue weighted by molar-refractivity contribution is 0.0457. The van der Waals surface area contributed by atoms with E-state index in [0.29, 0.717) is 28.5 Å². The van der Waals surface area contributed by atoms with Crippen molar-refractivity contribution in [3.8, 4) is 34.3 Å². The van der Waals surface area contributed by atoms with Crippen molar-refractivity contribution >= 4 is 9.84 Å². The van der Waals surface area contributed by atoms with Crippen molar-refractivity contribution in [2.24, 2.45) is 0 Å². The van der Waals surface area contributed by atoms with Crippen LogP contribution < -0.4 is 14.2 Å². The molecule has 0 saturated heterocycles. The molecule has 0 atom stereocenters. The summed E-state index contributed by atoms with van der Waals surface area (Å²) in [7, 11) is 0.891. The van der Waals surface area contributed by atoms with Gasteiger partial charge in [0.1, 0.15) is 17.2 Å². The van der Waals surface area contributed by atoms with Gasteiger partial charge in [-0.2, -0.15) is 0 Å². The third-order valence-electron chi connectivity index (χ3n) is 4.94. The van der Waals surface area contributed by atoms with Crippen molar-refractivity contribution in [3.05, 3.63) is 42.0 Å². The first-order chi connectivity index (χ1) is 16.2. The summed E-state index contributed by atoms with van der Waals surface area (Å²) in [6.07, 6.45) is 1.09. The van der Waals surface area contributed by atoms with Gasteiger partial charge in [0.25, 0.3) is 5.16 Å². The maximum absolute atomic E-state index is 12.6. The van der Waals surface area contributed by atoms with E-state index in [0.717, 1.165) is 11.8 Å². The standard InChI is InChI=1S/C23H29N3O7S/c1-15(2)18-11-19(21(33-14-30-4)12-20(18)32-13-29-3)22-24-25-23(34(6,27)28)26(22)16-7-9-17(31-5)10-8-16/h7-12,15H,13-14H2,1-6H3. The molecule has 0 fully saturated rings. The quantitative estimate of drug-likeness (QED) is 0.372. The normalized spacial score (nSPS) is 11.6. The minimum Gasteiger partial charge on any atom is -0.497 e. The fourth-order valence-corrected chi connectivity index (χ4v) is 4.05. The van der Waals surface area contributed by atoms with Crippen molar-refractivity contribution in [2.75, 3.05) is 41.2 Å². The van der Waals surface area contributed by atoms with Gasteiger partial charge in [-0.25, -0.2) is 8.42 Å². The van der Waals surface area contributed by atoms with E-state index in [1.54, 1.807) is 37.4 Å². The second kappa shape index (κ2) is 10.9. The van der Waals surface area contributed by atoms with Gasteiger partial charge in [-0.15, -0.1) is 10.2 Å². The highest BCUT2D eigenvalue weighted by Gasteiger charge is 2.26. The van der Waals surface area contributed by atoms with Crippen LogP contribution in [0.15, 0.2) is 41.6 Å². The summed E-state index contributed by atoms with van der Waals surface area (Å²) in [5.41, 5.74) is 1.94. The SMILES string of the molecule is COCOc1cc(OCOC)c(C(C)C)cc1-c1nnc(S(C)(=O)=O)n1-c1ccc(OC)cc1. The molecule has 0 aliphatic carbocycles. The molecule has 0 N–H and O–H groups in total. The third kappa shape index (κ3) is 5.49. The molecule has 1 aromatic heterocycles. The lowest BCUT2D eigenvalue weighted by Crippen LogP contribution is -2.10. The van der Waals surface area contributed by atoms with E-state index in [-0.39, 0.29) is 30.5 Å². The van der Waals surface area contributed by atoms with Crippen LogP contribution in [0.3, 0.4) is 0 Å². The van der Waals surface area contributed by atoms with E-state index in [1.807, 2.05) is 19.9 Å². The van der Waals surface area contributed by atoms with E-state index in [9.17, 15) is 8.42 Å². The van der Waals surface area contributed by atoms with Crippen molar-refractivity contribution in [2.45, 2.75) is 24.9 Å². The van der Waals surface area contributed by atoms with Gasteiger partial charge in [-0.1, -0.05) is 13.8 Å². The largest absolute Gasteiger partial charge is 0.497 e. The second-order valence-corrected chi connectivity index (χ2v) is 9.66. The molecule has 10 nitrogen and oxygen atoms in total. The van der Waals surface area contributed by atoms with Crippen LogP contribution in [0.4, 0.5) is 0 Å². The van der Waals surface area contributed by atoms with Crippen LogP contribution in [0.1, 0.15) is 25.3 Å².